The zero-order valence-corrected chi connectivity index (χ0v) is 12.0. The van der Waals surface area contributed by atoms with Gasteiger partial charge in [0.1, 0.15) is 5.56 Å². The molecule has 0 fully saturated rings. The molecule has 1 rings (SSSR count). The fourth-order valence-corrected chi connectivity index (χ4v) is 1.72. The monoisotopic (exact) mass is 297 g/mol. The maximum Gasteiger partial charge on any atom is 0.342 e. The van der Waals surface area contributed by atoms with Crippen LogP contribution in [0.25, 0.3) is 0 Å². The number of hydrogen-bond acceptors (Lipinski definition) is 6. The van der Waals surface area contributed by atoms with Crippen LogP contribution < -0.4 is 5.32 Å². The molecule has 0 heterocycles. The molecular formula is C13H19N3O5. The number of nitro groups is 1. The van der Waals surface area contributed by atoms with Crippen molar-refractivity contribution < 1.29 is 19.6 Å². The minimum Gasteiger partial charge on any atom is -0.477 e. The first-order chi connectivity index (χ1) is 9.95. The summed E-state index contributed by atoms with van der Waals surface area (Å²) in [6.45, 7) is 2.74. The van der Waals surface area contributed by atoms with Crippen molar-refractivity contribution in [1.82, 2.24) is 4.90 Å². The highest BCUT2D eigenvalue weighted by Gasteiger charge is 2.19. The number of nitro benzene ring substituents is 1. The van der Waals surface area contributed by atoms with Crippen molar-refractivity contribution in [2.24, 2.45) is 0 Å². The number of nitrogens with one attached hydrogen (secondary N) is 1. The first kappa shape index (κ1) is 16.9. The highest BCUT2D eigenvalue weighted by atomic mass is 16.6. The van der Waals surface area contributed by atoms with Gasteiger partial charge in [0.15, 0.2) is 0 Å². The second-order valence-corrected chi connectivity index (χ2v) is 4.52. The predicted octanol–water partition coefficient (Wildman–Crippen LogP) is 1.28. The summed E-state index contributed by atoms with van der Waals surface area (Å²) in [4.78, 5) is 23.1. The number of rotatable bonds is 9. The molecule has 2 N–H and O–H groups in total. The number of hydrogen-bond donors (Lipinski definition) is 2. The van der Waals surface area contributed by atoms with Crippen molar-refractivity contribution >= 4 is 17.3 Å². The zero-order chi connectivity index (χ0) is 15.8. The Morgan fingerprint density at radius 1 is 1.48 bits per heavy atom. The molecule has 0 saturated carbocycles. The number of carboxylic acid groups (broad SMARTS) is 1. The van der Waals surface area contributed by atoms with Gasteiger partial charge in [0, 0.05) is 38.5 Å². The molecule has 8 heteroatoms. The first-order valence-electron chi connectivity index (χ1n) is 6.38. The maximum atomic E-state index is 10.9. The van der Waals surface area contributed by atoms with Gasteiger partial charge in [0.25, 0.3) is 5.69 Å². The fourth-order valence-electron chi connectivity index (χ4n) is 1.72. The molecule has 1 aromatic rings. The summed E-state index contributed by atoms with van der Waals surface area (Å²) in [6, 6.07) is 3.99. The predicted molar refractivity (Wildman–Crippen MR) is 77.9 cm³/mol. The summed E-state index contributed by atoms with van der Waals surface area (Å²) in [5.41, 5.74) is -0.213. The summed E-state index contributed by atoms with van der Waals surface area (Å²) in [6.07, 6.45) is 0. The number of carboxylic acids is 1. The molecule has 0 aromatic heterocycles. The quantitative estimate of drug-likeness (QED) is 0.522. The van der Waals surface area contributed by atoms with Crippen LogP contribution in [0.5, 0.6) is 0 Å². The Bertz CT molecular complexity index is 507. The smallest absolute Gasteiger partial charge is 0.342 e. The molecule has 0 unspecified atom stereocenters. The number of carbonyl (C=O) groups is 1. The standard InChI is InChI=1S/C13H19N3O5/c1-15(7-8-21-2)6-5-14-10-3-4-11(13(17)18)12(9-10)16(19)20/h3-4,9,14H,5-8H2,1-2H3,(H,17,18). The van der Waals surface area contributed by atoms with E-state index >= 15 is 0 Å². The Labute approximate surface area is 122 Å². The third-order valence-corrected chi connectivity index (χ3v) is 2.92. The minimum absolute atomic E-state index is 0.317. The van der Waals surface area contributed by atoms with Gasteiger partial charge in [-0.3, -0.25) is 10.1 Å². The Balaban J connectivity index is 2.62. The van der Waals surface area contributed by atoms with Crippen LogP contribution in [0.15, 0.2) is 18.2 Å². The minimum atomic E-state index is -1.31. The molecule has 0 bridgehead atoms. The van der Waals surface area contributed by atoms with Crippen LogP contribution in [-0.4, -0.2) is 61.3 Å². The summed E-state index contributed by atoms with van der Waals surface area (Å²) < 4.78 is 4.96. The Kier molecular flexibility index (Phi) is 6.57. The Hall–Kier alpha value is -2.19. The third kappa shape index (κ3) is 5.36. The van der Waals surface area contributed by atoms with Gasteiger partial charge in [-0.1, -0.05) is 0 Å². The number of anilines is 1. The van der Waals surface area contributed by atoms with Crippen LogP contribution >= 0.6 is 0 Å². The largest absolute Gasteiger partial charge is 0.477 e. The van der Waals surface area contributed by atoms with E-state index in [1.54, 1.807) is 7.11 Å². The molecule has 8 nitrogen and oxygen atoms in total. The van der Waals surface area contributed by atoms with Crippen molar-refractivity contribution in [2.45, 2.75) is 0 Å². The summed E-state index contributed by atoms with van der Waals surface area (Å²) in [7, 11) is 3.58. The lowest BCUT2D eigenvalue weighted by Gasteiger charge is -2.16. The highest BCUT2D eigenvalue weighted by Crippen LogP contribution is 2.23. The molecule has 0 aliphatic rings. The van der Waals surface area contributed by atoms with Crippen molar-refractivity contribution in [3.63, 3.8) is 0 Å². The van der Waals surface area contributed by atoms with Gasteiger partial charge in [-0.2, -0.15) is 0 Å². The molecule has 1 aromatic carbocycles. The van der Waals surface area contributed by atoms with E-state index in [1.807, 2.05) is 7.05 Å². The molecule has 0 saturated heterocycles. The Morgan fingerprint density at radius 2 is 2.19 bits per heavy atom. The summed E-state index contributed by atoms with van der Waals surface area (Å²) >= 11 is 0. The second-order valence-electron chi connectivity index (χ2n) is 4.52. The number of benzene rings is 1. The zero-order valence-electron chi connectivity index (χ0n) is 12.0. The lowest BCUT2D eigenvalue weighted by molar-refractivity contribution is -0.385. The highest BCUT2D eigenvalue weighted by molar-refractivity contribution is 5.93. The topological polar surface area (TPSA) is 105 Å². The van der Waals surface area contributed by atoms with E-state index in [0.29, 0.717) is 18.8 Å². The van der Waals surface area contributed by atoms with Crippen LogP contribution in [0, 0.1) is 10.1 Å². The molecular weight excluding hydrogens is 278 g/mol. The van der Waals surface area contributed by atoms with Crippen molar-refractivity contribution in [1.29, 1.82) is 0 Å². The van der Waals surface area contributed by atoms with E-state index in [1.165, 1.54) is 18.2 Å². The van der Waals surface area contributed by atoms with Crippen LogP contribution in [0.3, 0.4) is 0 Å². The summed E-state index contributed by atoms with van der Waals surface area (Å²) in [5, 5.41) is 22.8. The van der Waals surface area contributed by atoms with Gasteiger partial charge in [0.05, 0.1) is 11.5 Å². The summed E-state index contributed by atoms with van der Waals surface area (Å²) in [5.74, 6) is -1.31. The van der Waals surface area contributed by atoms with Crippen molar-refractivity contribution in [3.8, 4) is 0 Å². The van der Waals surface area contributed by atoms with E-state index < -0.39 is 16.6 Å². The van der Waals surface area contributed by atoms with E-state index in [0.717, 1.165) is 13.1 Å². The van der Waals surface area contributed by atoms with Gasteiger partial charge in [-0.15, -0.1) is 0 Å². The Morgan fingerprint density at radius 3 is 2.76 bits per heavy atom. The van der Waals surface area contributed by atoms with Crippen molar-refractivity contribution in [2.75, 3.05) is 45.7 Å². The van der Waals surface area contributed by atoms with Gasteiger partial charge in [-0.05, 0) is 19.2 Å². The third-order valence-electron chi connectivity index (χ3n) is 2.92. The number of nitrogens with zero attached hydrogens (tertiary/aromatic N) is 2. The van der Waals surface area contributed by atoms with Gasteiger partial charge >= 0.3 is 5.97 Å². The van der Waals surface area contributed by atoms with Crippen LogP contribution in [-0.2, 0) is 4.74 Å². The van der Waals surface area contributed by atoms with Crippen LogP contribution in [0.4, 0.5) is 11.4 Å². The normalized spacial score (nSPS) is 10.6. The lowest BCUT2D eigenvalue weighted by Crippen LogP contribution is -2.28. The van der Waals surface area contributed by atoms with Gasteiger partial charge in [0.2, 0.25) is 0 Å². The van der Waals surface area contributed by atoms with Gasteiger partial charge < -0.3 is 20.1 Å². The first-order valence-corrected chi connectivity index (χ1v) is 6.38. The van der Waals surface area contributed by atoms with E-state index in [2.05, 4.69) is 10.2 Å². The maximum absolute atomic E-state index is 10.9. The molecule has 0 atom stereocenters. The number of ether oxygens (including phenoxy) is 1. The average molecular weight is 297 g/mol. The second kappa shape index (κ2) is 8.18. The van der Waals surface area contributed by atoms with Crippen LogP contribution in [0.2, 0.25) is 0 Å². The average Bonchev–Trinajstić information content (AvgIpc) is 2.44. The SMILES string of the molecule is COCCN(C)CCNc1ccc(C(=O)O)c([N+](=O)[O-])c1. The number of methoxy groups -OCH3 is 1. The van der Waals surface area contributed by atoms with Crippen molar-refractivity contribution in [3.05, 3.63) is 33.9 Å². The molecule has 0 aliphatic heterocycles. The van der Waals surface area contributed by atoms with E-state index in [4.69, 9.17) is 9.84 Å². The molecule has 0 amide bonds. The molecule has 116 valence electrons. The van der Waals surface area contributed by atoms with E-state index in [-0.39, 0.29) is 5.56 Å². The van der Waals surface area contributed by atoms with E-state index in [9.17, 15) is 14.9 Å². The molecule has 0 spiro atoms. The molecule has 0 radical (unpaired) electrons. The van der Waals surface area contributed by atoms with Gasteiger partial charge in [-0.25, -0.2) is 4.79 Å². The fraction of sp³-hybridized carbons (Fsp3) is 0.462. The van der Waals surface area contributed by atoms with Crippen LogP contribution in [0.1, 0.15) is 10.4 Å². The lowest BCUT2D eigenvalue weighted by atomic mass is 10.1. The molecule has 21 heavy (non-hydrogen) atoms. The number of likely N-dealkylation sites (N-methyl/N-ethyl adjacent to an activating group) is 1. The number of aromatic carboxylic acids is 1. The molecule has 0 aliphatic carbocycles.